The van der Waals surface area contributed by atoms with E-state index in [1.54, 1.807) is 0 Å². The van der Waals surface area contributed by atoms with Crippen LogP contribution in [0.3, 0.4) is 0 Å². The van der Waals surface area contributed by atoms with Crippen LogP contribution in [0, 0.1) is 5.92 Å². The summed E-state index contributed by atoms with van der Waals surface area (Å²) in [5.41, 5.74) is 0. The fourth-order valence-corrected chi connectivity index (χ4v) is 1.09. The first-order valence-electron chi connectivity index (χ1n) is 4.64. The molecule has 0 aromatic carbocycles. The minimum absolute atomic E-state index is 0.652. The number of hydrogen-bond acceptors (Lipinski definition) is 2. The second-order valence-corrected chi connectivity index (χ2v) is 3.49. The Hall–Kier alpha value is -0.0800. The lowest BCUT2D eigenvalue weighted by molar-refractivity contribution is -0.00529. The third-order valence-corrected chi connectivity index (χ3v) is 2.41. The van der Waals surface area contributed by atoms with E-state index in [4.69, 9.17) is 4.74 Å². The molecule has 66 valence electrons. The van der Waals surface area contributed by atoms with Gasteiger partial charge in [-0.05, 0) is 18.9 Å². The molecule has 1 fully saturated rings. The normalized spacial score (nSPS) is 21.3. The monoisotopic (exact) mass is 157 g/mol. The first kappa shape index (κ1) is 9.01. The van der Waals surface area contributed by atoms with Crippen molar-refractivity contribution in [2.24, 2.45) is 5.92 Å². The van der Waals surface area contributed by atoms with Crippen LogP contribution in [-0.2, 0) is 4.74 Å². The molecular weight excluding hydrogens is 138 g/mol. The molecule has 0 aromatic heterocycles. The molecule has 0 aliphatic carbocycles. The summed E-state index contributed by atoms with van der Waals surface area (Å²) in [5, 5.41) is 3.46. The van der Waals surface area contributed by atoms with Crippen molar-refractivity contribution in [3.8, 4) is 0 Å². The van der Waals surface area contributed by atoms with E-state index in [-0.39, 0.29) is 0 Å². The van der Waals surface area contributed by atoms with Gasteiger partial charge in [0.1, 0.15) is 0 Å². The maximum Gasteiger partial charge on any atom is 0.0643 e. The van der Waals surface area contributed by atoms with Crippen LogP contribution in [0.5, 0.6) is 0 Å². The zero-order valence-corrected chi connectivity index (χ0v) is 7.60. The quantitative estimate of drug-likeness (QED) is 0.651. The van der Waals surface area contributed by atoms with Crippen LogP contribution in [0.4, 0.5) is 0 Å². The molecular formula is C9H19NO. The molecule has 1 saturated heterocycles. The first-order valence-corrected chi connectivity index (χ1v) is 4.64. The number of nitrogens with one attached hydrogen (secondary N) is 1. The van der Waals surface area contributed by atoms with Crippen LogP contribution in [0.1, 0.15) is 26.7 Å². The summed E-state index contributed by atoms with van der Waals surface area (Å²) < 4.78 is 5.06. The van der Waals surface area contributed by atoms with Gasteiger partial charge in [0.05, 0.1) is 19.3 Å². The maximum absolute atomic E-state index is 5.06. The largest absolute Gasteiger partial charge is 0.378 e. The van der Waals surface area contributed by atoms with E-state index in [2.05, 4.69) is 19.2 Å². The second kappa shape index (κ2) is 4.73. The molecule has 1 N–H and O–H groups in total. The fourth-order valence-electron chi connectivity index (χ4n) is 1.09. The summed E-state index contributed by atoms with van der Waals surface area (Å²) in [7, 11) is 0. The summed E-state index contributed by atoms with van der Waals surface area (Å²) in [6, 6.07) is 0.652. The van der Waals surface area contributed by atoms with Gasteiger partial charge in [0.25, 0.3) is 0 Å². The minimum atomic E-state index is 0.652. The number of ether oxygens (including phenoxy) is 1. The van der Waals surface area contributed by atoms with Gasteiger partial charge in [-0.15, -0.1) is 0 Å². The summed E-state index contributed by atoms with van der Waals surface area (Å²) in [6.45, 7) is 7.54. The zero-order chi connectivity index (χ0) is 8.10. The van der Waals surface area contributed by atoms with Gasteiger partial charge in [0.15, 0.2) is 0 Å². The van der Waals surface area contributed by atoms with Gasteiger partial charge in [0, 0.05) is 0 Å². The Morgan fingerprint density at radius 3 is 2.73 bits per heavy atom. The van der Waals surface area contributed by atoms with E-state index >= 15 is 0 Å². The average molecular weight is 157 g/mol. The molecule has 1 unspecified atom stereocenters. The van der Waals surface area contributed by atoms with Gasteiger partial charge in [-0.25, -0.2) is 0 Å². The summed E-state index contributed by atoms with van der Waals surface area (Å²) in [5.74, 6) is 0.864. The van der Waals surface area contributed by atoms with Crippen LogP contribution < -0.4 is 5.32 Å². The molecule has 0 aromatic rings. The highest BCUT2D eigenvalue weighted by atomic mass is 16.5. The molecule has 2 nitrogen and oxygen atoms in total. The van der Waals surface area contributed by atoms with Gasteiger partial charge in [-0.3, -0.25) is 0 Å². The Morgan fingerprint density at radius 2 is 2.27 bits per heavy atom. The first-order chi connectivity index (χ1) is 5.33. The predicted molar refractivity (Wildman–Crippen MR) is 46.7 cm³/mol. The minimum Gasteiger partial charge on any atom is -0.378 e. The third kappa shape index (κ3) is 3.21. The highest BCUT2D eigenvalue weighted by Crippen LogP contribution is 2.06. The standard InChI is InChI=1S/C9H19NO/c1-3-8(2)4-5-10-9-6-11-7-9/h8-10H,3-7H2,1-2H3. The molecule has 1 aliphatic rings. The Balaban J connectivity index is 1.86. The third-order valence-electron chi connectivity index (χ3n) is 2.41. The number of hydrogen-bond donors (Lipinski definition) is 1. The van der Waals surface area contributed by atoms with Gasteiger partial charge >= 0.3 is 0 Å². The summed E-state index contributed by atoms with van der Waals surface area (Å²) in [4.78, 5) is 0. The molecule has 1 aliphatic heterocycles. The van der Waals surface area contributed by atoms with E-state index < -0.39 is 0 Å². The van der Waals surface area contributed by atoms with Crippen LogP contribution >= 0.6 is 0 Å². The molecule has 1 heterocycles. The molecule has 11 heavy (non-hydrogen) atoms. The van der Waals surface area contributed by atoms with Crippen LogP contribution in [0.2, 0.25) is 0 Å². The maximum atomic E-state index is 5.06. The van der Waals surface area contributed by atoms with Gasteiger partial charge in [0.2, 0.25) is 0 Å². The Morgan fingerprint density at radius 1 is 1.55 bits per heavy atom. The molecule has 0 bridgehead atoms. The predicted octanol–water partition coefficient (Wildman–Crippen LogP) is 1.41. The van der Waals surface area contributed by atoms with E-state index in [1.807, 2.05) is 0 Å². The second-order valence-electron chi connectivity index (χ2n) is 3.49. The molecule has 0 spiro atoms. The van der Waals surface area contributed by atoms with E-state index in [9.17, 15) is 0 Å². The molecule has 1 rings (SSSR count). The van der Waals surface area contributed by atoms with Crippen molar-refractivity contribution in [3.63, 3.8) is 0 Å². The lowest BCUT2D eigenvalue weighted by Gasteiger charge is -2.27. The molecule has 1 atom stereocenters. The van der Waals surface area contributed by atoms with Crippen molar-refractivity contribution >= 4 is 0 Å². The highest BCUT2D eigenvalue weighted by Gasteiger charge is 2.16. The van der Waals surface area contributed by atoms with Crippen LogP contribution in [0.15, 0.2) is 0 Å². The lowest BCUT2D eigenvalue weighted by atomic mass is 10.1. The fraction of sp³-hybridized carbons (Fsp3) is 1.00. The lowest BCUT2D eigenvalue weighted by Crippen LogP contribution is -2.46. The van der Waals surface area contributed by atoms with Crippen molar-refractivity contribution < 1.29 is 4.74 Å². The Bertz CT molecular complexity index is 97.0. The van der Waals surface area contributed by atoms with E-state index in [0.717, 1.165) is 25.7 Å². The Kier molecular flexibility index (Phi) is 3.87. The van der Waals surface area contributed by atoms with Crippen molar-refractivity contribution in [3.05, 3.63) is 0 Å². The van der Waals surface area contributed by atoms with Crippen LogP contribution in [0.25, 0.3) is 0 Å². The molecule has 0 radical (unpaired) electrons. The average Bonchev–Trinajstić information content (AvgIpc) is 1.94. The van der Waals surface area contributed by atoms with Crippen LogP contribution in [-0.4, -0.2) is 25.8 Å². The molecule has 0 saturated carbocycles. The summed E-state index contributed by atoms with van der Waals surface area (Å²) >= 11 is 0. The topological polar surface area (TPSA) is 21.3 Å². The Labute approximate surface area is 69.3 Å². The van der Waals surface area contributed by atoms with Gasteiger partial charge in [-0.1, -0.05) is 20.3 Å². The molecule has 0 amide bonds. The molecule has 2 heteroatoms. The summed E-state index contributed by atoms with van der Waals surface area (Å²) in [6.07, 6.45) is 2.59. The smallest absolute Gasteiger partial charge is 0.0643 e. The zero-order valence-electron chi connectivity index (χ0n) is 7.60. The van der Waals surface area contributed by atoms with Crippen molar-refractivity contribution in [2.45, 2.75) is 32.7 Å². The van der Waals surface area contributed by atoms with Crippen molar-refractivity contribution in [1.29, 1.82) is 0 Å². The highest BCUT2D eigenvalue weighted by molar-refractivity contribution is 4.72. The van der Waals surface area contributed by atoms with E-state index in [0.29, 0.717) is 6.04 Å². The van der Waals surface area contributed by atoms with Gasteiger partial charge in [-0.2, -0.15) is 0 Å². The van der Waals surface area contributed by atoms with E-state index in [1.165, 1.54) is 12.8 Å². The van der Waals surface area contributed by atoms with Crippen molar-refractivity contribution in [2.75, 3.05) is 19.8 Å². The van der Waals surface area contributed by atoms with Gasteiger partial charge < -0.3 is 10.1 Å². The SMILES string of the molecule is CCC(C)CCNC1COC1. The number of rotatable bonds is 5. The van der Waals surface area contributed by atoms with Crippen molar-refractivity contribution in [1.82, 2.24) is 5.32 Å².